The van der Waals surface area contributed by atoms with E-state index in [9.17, 15) is 9.18 Å². The van der Waals surface area contributed by atoms with Crippen molar-refractivity contribution in [3.05, 3.63) is 77.3 Å². The van der Waals surface area contributed by atoms with Gasteiger partial charge in [0.05, 0.1) is 18.9 Å². The number of benzene rings is 3. The largest absolute Gasteiger partial charge is 0.505 e. The minimum Gasteiger partial charge on any atom is -0.505 e. The Bertz CT molecular complexity index is 1430. The van der Waals surface area contributed by atoms with Crippen LogP contribution in [0, 0.1) is 12.4 Å². The number of hydrogen-bond donors (Lipinski definition) is 2. The van der Waals surface area contributed by atoms with Gasteiger partial charge in [0.2, 0.25) is 5.69 Å². The number of rotatable bonds is 11. The fraction of sp³-hybridized carbons (Fsp3) is 0.250. The molecule has 0 saturated carbocycles. The number of nitrogens with zero attached hydrogens (tertiary/aromatic N) is 3. The van der Waals surface area contributed by atoms with Crippen molar-refractivity contribution in [3.8, 4) is 17.2 Å². The molecule has 2 N–H and O–H groups in total. The molecule has 0 saturated heterocycles. The van der Waals surface area contributed by atoms with Gasteiger partial charge in [-0.25, -0.2) is 19.0 Å². The van der Waals surface area contributed by atoms with Crippen LogP contribution in [0.15, 0.2) is 60.1 Å². The van der Waals surface area contributed by atoms with E-state index >= 15 is 0 Å². The Morgan fingerprint density at radius 3 is 2.68 bits per heavy atom. The third-order valence-corrected chi connectivity index (χ3v) is 6.57. The Labute approximate surface area is 224 Å². The molecule has 2 amide bonds. The summed E-state index contributed by atoms with van der Waals surface area (Å²) in [4.78, 5) is 22.0. The SMILES string of the molecule is [C-]#[N+]c1cc2c(Oc3ccc(NC(=O)Nc4nccs4)c(F)c3)cccc2cc1OCCCN(CC)CC. The second-order valence-electron chi connectivity index (χ2n) is 8.30. The monoisotopic (exact) mass is 533 g/mol. The number of fused-ring (bicyclic) bond motifs is 1. The van der Waals surface area contributed by atoms with Crippen LogP contribution in [-0.2, 0) is 0 Å². The zero-order valence-electron chi connectivity index (χ0n) is 21.2. The van der Waals surface area contributed by atoms with Gasteiger partial charge in [-0.3, -0.25) is 5.32 Å². The first-order valence-electron chi connectivity index (χ1n) is 12.2. The number of amides is 2. The number of thiazole rings is 1. The summed E-state index contributed by atoms with van der Waals surface area (Å²) >= 11 is 1.26. The Kier molecular flexibility index (Phi) is 9.08. The van der Waals surface area contributed by atoms with Gasteiger partial charge in [-0.1, -0.05) is 26.0 Å². The van der Waals surface area contributed by atoms with Crippen LogP contribution in [0.4, 0.5) is 25.7 Å². The van der Waals surface area contributed by atoms with Crippen molar-refractivity contribution in [1.82, 2.24) is 9.88 Å². The summed E-state index contributed by atoms with van der Waals surface area (Å²) in [6, 6.07) is 12.6. The maximum Gasteiger partial charge on any atom is 0.325 e. The molecule has 38 heavy (non-hydrogen) atoms. The molecular weight excluding hydrogens is 505 g/mol. The molecule has 0 bridgehead atoms. The molecule has 3 aromatic carbocycles. The van der Waals surface area contributed by atoms with Gasteiger partial charge < -0.3 is 19.7 Å². The molecule has 0 spiro atoms. The van der Waals surface area contributed by atoms with Gasteiger partial charge in [0.25, 0.3) is 0 Å². The van der Waals surface area contributed by atoms with Crippen molar-refractivity contribution in [3.63, 3.8) is 0 Å². The summed E-state index contributed by atoms with van der Waals surface area (Å²) in [6.07, 6.45) is 2.42. The summed E-state index contributed by atoms with van der Waals surface area (Å²) in [7, 11) is 0. The molecule has 1 aromatic heterocycles. The molecule has 0 radical (unpaired) electrons. The van der Waals surface area contributed by atoms with E-state index in [4.69, 9.17) is 16.0 Å². The van der Waals surface area contributed by atoms with E-state index in [1.165, 1.54) is 23.5 Å². The second-order valence-corrected chi connectivity index (χ2v) is 9.19. The number of hydrogen-bond acceptors (Lipinski definition) is 6. The zero-order valence-corrected chi connectivity index (χ0v) is 22.0. The van der Waals surface area contributed by atoms with Crippen molar-refractivity contribution in [2.75, 3.05) is 36.9 Å². The van der Waals surface area contributed by atoms with E-state index in [2.05, 4.69) is 39.2 Å². The molecule has 8 nitrogen and oxygen atoms in total. The van der Waals surface area contributed by atoms with E-state index in [1.54, 1.807) is 29.8 Å². The van der Waals surface area contributed by atoms with Gasteiger partial charge in [-0.15, -0.1) is 11.3 Å². The molecule has 196 valence electrons. The molecule has 0 aliphatic rings. The van der Waals surface area contributed by atoms with E-state index in [1.807, 2.05) is 18.2 Å². The van der Waals surface area contributed by atoms with E-state index < -0.39 is 11.8 Å². The normalized spacial score (nSPS) is 10.8. The molecule has 0 aliphatic heterocycles. The van der Waals surface area contributed by atoms with E-state index in [-0.39, 0.29) is 11.4 Å². The van der Waals surface area contributed by atoms with Gasteiger partial charge in [-0.05, 0) is 55.2 Å². The number of carbonyl (C=O) groups excluding carboxylic acids is 1. The standard InChI is InChI=1S/C28H28FN5O3S/c1-4-34(5-2)13-7-14-36-26-16-19-8-6-9-25(21(19)18-24(26)30-3)37-20-10-11-23(22(29)17-20)32-27(35)33-28-31-12-15-38-28/h6,8-12,15-18H,4-5,7,13-14H2,1-2H3,(H2,31,32,33,35). The summed E-state index contributed by atoms with van der Waals surface area (Å²) in [5, 5.41) is 8.67. The number of nitrogens with one attached hydrogen (secondary N) is 2. The topological polar surface area (TPSA) is 80.1 Å². The Morgan fingerprint density at radius 2 is 1.97 bits per heavy atom. The van der Waals surface area contributed by atoms with Crippen LogP contribution in [0.2, 0.25) is 0 Å². The molecular formula is C28H28FN5O3S. The average molecular weight is 534 g/mol. The summed E-state index contributed by atoms with van der Waals surface area (Å²) in [6.45, 7) is 15.3. The summed E-state index contributed by atoms with van der Waals surface area (Å²) < 4.78 is 26.7. The molecule has 10 heteroatoms. The third-order valence-electron chi connectivity index (χ3n) is 5.88. The van der Waals surface area contributed by atoms with Gasteiger partial charge in [0, 0.05) is 29.6 Å². The van der Waals surface area contributed by atoms with Gasteiger partial charge in [0.1, 0.15) is 23.1 Å². The lowest BCUT2D eigenvalue weighted by atomic mass is 10.1. The zero-order chi connectivity index (χ0) is 26.9. The quantitative estimate of drug-likeness (QED) is 0.154. The van der Waals surface area contributed by atoms with Crippen molar-refractivity contribution >= 4 is 44.6 Å². The Balaban J connectivity index is 1.46. The highest BCUT2D eigenvalue weighted by Crippen LogP contribution is 2.38. The average Bonchev–Trinajstić information content (AvgIpc) is 3.43. The van der Waals surface area contributed by atoms with Crippen molar-refractivity contribution in [1.29, 1.82) is 0 Å². The minimum absolute atomic E-state index is 0.00222. The first-order chi connectivity index (χ1) is 18.5. The molecule has 4 aromatic rings. The molecule has 0 aliphatic carbocycles. The lowest BCUT2D eigenvalue weighted by Gasteiger charge is -2.18. The Morgan fingerprint density at radius 1 is 1.13 bits per heavy atom. The number of urea groups is 1. The molecule has 1 heterocycles. The molecule has 4 rings (SSSR count). The highest BCUT2D eigenvalue weighted by Gasteiger charge is 2.13. The molecule has 0 atom stereocenters. The lowest BCUT2D eigenvalue weighted by Crippen LogP contribution is -2.25. The minimum atomic E-state index is -0.653. The first kappa shape index (κ1) is 26.9. The predicted molar refractivity (Wildman–Crippen MR) is 149 cm³/mol. The van der Waals surface area contributed by atoms with Crippen LogP contribution in [0.5, 0.6) is 17.2 Å². The highest BCUT2D eigenvalue weighted by molar-refractivity contribution is 7.13. The second kappa shape index (κ2) is 12.9. The number of aromatic nitrogens is 1. The van der Waals surface area contributed by atoms with Gasteiger partial charge in [-0.2, -0.15) is 0 Å². The van der Waals surface area contributed by atoms with E-state index in [0.717, 1.165) is 31.4 Å². The van der Waals surface area contributed by atoms with Crippen molar-refractivity contribution in [2.24, 2.45) is 0 Å². The van der Waals surface area contributed by atoms with Crippen LogP contribution < -0.4 is 20.1 Å². The number of halogens is 1. The smallest absolute Gasteiger partial charge is 0.325 e. The first-order valence-corrected chi connectivity index (χ1v) is 13.1. The third kappa shape index (κ3) is 6.76. The fourth-order valence-electron chi connectivity index (χ4n) is 3.89. The van der Waals surface area contributed by atoms with Crippen LogP contribution >= 0.6 is 11.3 Å². The molecule has 0 unspecified atom stereocenters. The maximum atomic E-state index is 14.7. The summed E-state index contributed by atoms with van der Waals surface area (Å²) in [5.41, 5.74) is 0.385. The van der Waals surface area contributed by atoms with Crippen molar-refractivity contribution in [2.45, 2.75) is 20.3 Å². The van der Waals surface area contributed by atoms with Gasteiger partial charge in [0.15, 0.2) is 5.13 Å². The number of anilines is 2. The Hall–Kier alpha value is -4.20. The van der Waals surface area contributed by atoms with Gasteiger partial charge >= 0.3 is 6.03 Å². The number of ether oxygens (including phenoxy) is 2. The number of carbonyl (C=O) groups is 1. The maximum absolute atomic E-state index is 14.7. The lowest BCUT2D eigenvalue weighted by molar-refractivity contribution is 0.250. The fourth-order valence-corrected chi connectivity index (χ4v) is 4.41. The van der Waals surface area contributed by atoms with Crippen LogP contribution in [-0.4, -0.2) is 42.2 Å². The van der Waals surface area contributed by atoms with Crippen LogP contribution in [0.3, 0.4) is 0 Å². The predicted octanol–water partition coefficient (Wildman–Crippen LogP) is 7.53. The van der Waals surface area contributed by atoms with E-state index in [0.29, 0.717) is 34.3 Å². The molecule has 0 fully saturated rings. The van der Waals surface area contributed by atoms with Crippen LogP contribution in [0.1, 0.15) is 20.3 Å². The van der Waals surface area contributed by atoms with Crippen molar-refractivity contribution < 1.29 is 18.7 Å². The highest BCUT2D eigenvalue weighted by atomic mass is 32.1. The van der Waals surface area contributed by atoms with Crippen LogP contribution in [0.25, 0.3) is 15.6 Å². The summed E-state index contributed by atoms with van der Waals surface area (Å²) in [5.74, 6) is 0.602.